The van der Waals surface area contributed by atoms with Gasteiger partial charge in [0.2, 0.25) is 10.0 Å². The minimum absolute atomic E-state index is 0.104. The predicted octanol–water partition coefficient (Wildman–Crippen LogP) is 0.742. The van der Waals surface area contributed by atoms with Crippen molar-refractivity contribution in [1.82, 2.24) is 4.72 Å². The minimum Gasteiger partial charge on any atom is -0.495 e. The molecule has 6 heteroatoms. The highest BCUT2D eigenvalue weighted by Gasteiger charge is 2.14. The van der Waals surface area contributed by atoms with Crippen molar-refractivity contribution in [2.45, 2.75) is 4.90 Å². The fourth-order valence-corrected chi connectivity index (χ4v) is 2.16. The molecule has 3 N–H and O–H groups in total. The number of nitrogens with one attached hydrogen (secondary N) is 1. The third-order valence-electron chi connectivity index (χ3n) is 1.93. The summed E-state index contributed by atoms with van der Waals surface area (Å²) in [4.78, 5) is 0.104. The number of anilines is 1. The molecule has 0 aliphatic rings. The van der Waals surface area contributed by atoms with Crippen molar-refractivity contribution < 1.29 is 13.2 Å². The molecule has 0 aliphatic carbocycles. The first-order valence-corrected chi connectivity index (χ1v) is 6.03. The smallest absolute Gasteiger partial charge is 0.240 e. The third-order valence-corrected chi connectivity index (χ3v) is 3.35. The van der Waals surface area contributed by atoms with Crippen molar-refractivity contribution in [2.24, 2.45) is 0 Å². The molecule has 1 aromatic carbocycles. The van der Waals surface area contributed by atoms with Crippen LogP contribution < -0.4 is 15.2 Å². The molecule has 1 aromatic rings. The molecule has 16 heavy (non-hydrogen) atoms. The normalized spacial score (nSPS) is 11.1. The largest absolute Gasteiger partial charge is 0.495 e. The summed E-state index contributed by atoms with van der Waals surface area (Å²) in [6, 6.07) is 4.29. The number of nitrogen functional groups attached to an aromatic ring is 1. The molecule has 0 fully saturated rings. The molecule has 1 rings (SSSR count). The molecule has 0 heterocycles. The van der Waals surface area contributed by atoms with E-state index >= 15 is 0 Å². The van der Waals surface area contributed by atoms with E-state index in [1.165, 1.54) is 31.4 Å². The van der Waals surface area contributed by atoms with Crippen LogP contribution >= 0.6 is 0 Å². The van der Waals surface area contributed by atoms with Gasteiger partial charge in [0, 0.05) is 6.54 Å². The first-order valence-electron chi connectivity index (χ1n) is 4.55. The van der Waals surface area contributed by atoms with Crippen LogP contribution in [0.15, 0.2) is 35.7 Å². The Morgan fingerprint density at radius 1 is 1.56 bits per heavy atom. The molecule has 0 saturated heterocycles. The Hall–Kier alpha value is -1.53. The van der Waals surface area contributed by atoms with E-state index < -0.39 is 10.0 Å². The summed E-state index contributed by atoms with van der Waals surface area (Å²) >= 11 is 0. The molecule has 0 aromatic heterocycles. The van der Waals surface area contributed by atoms with E-state index in [0.717, 1.165) is 0 Å². The van der Waals surface area contributed by atoms with Crippen molar-refractivity contribution in [3.63, 3.8) is 0 Å². The van der Waals surface area contributed by atoms with Crippen molar-refractivity contribution >= 4 is 15.7 Å². The van der Waals surface area contributed by atoms with E-state index in [4.69, 9.17) is 10.5 Å². The summed E-state index contributed by atoms with van der Waals surface area (Å²) in [6.45, 7) is 3.61. The lowest BCUT2D eigenvalue weighted by atomic mass is 10.3. The maximum absolute atomic E-state index is 11.7. The van der Waals surface area contributed by atoms with Gasteiger partial charge < -0.3 is 10.5 Å². The first-order chi connectivity index (χ1) is 7.51. The highest BCUT2D eigenvalue weighted by atomic mass is 32.2. The van der Waals surface area contributed by atoms with Gasteiger partial charge in [0.1, 0.15) is 5.75 Å². The van der Waals surface area contributed by atoms with Gasteiger partial charge in [0.05, 0.1) is 17.7 Å². The van der Waals surface area contributed by atoms with Crippen LogP contribution in [0, 0.1) is 0 Å². The van der Waals surface area contributed by atoms with Gasteiger partial charge in [-0.15, -0.1) is 6.58 Å². The second-order valence-corrected chi connectivity index (χ2v) is 4.81. The number of rotatable bonds is 5. The van der Waals surface area contributed by atoms with Crippen molar-refractivity contribution in [1.29, 1.82) is 0 Å². The van der Waals surface area contributed by atoms with Gasteiger partial charge in [-0.2, -0.15) is 0 Å². The quantitative estimate of drug-likeness (QED) is 0.589. The summed E-state index contributed by atoms with van der Waals surface area (Å²) in [5, 5.41) is 0. The molecular weight excluding hydrogens is 228 g/mol. The second-order valence-electron chi connectivity index (χ2n) is 3.04. The van der Waals surface area contributed by atoms with Gasteiger partial charge in [-0.05, 0) is 18.2 Å². The van der Waals surface area contributed by atoms with Gasteiger partial charge >= 0.3 is 0 Å². The molecule has 5 nitrogen and oxygen atoms in total. The predicted molar refractivity (Wildman–Crippen MR) is 62.8 cm³/mol. The molecule has 0 amide bonds. The summed E-state index contributed by atoms with van der Waals surface area (Å²) in [7, 11) is -2.06. The van der Waals surface area contributed by atoms with E-state index in [2.05, 4.69) is 11.3 Å². The minimum atomic E-state index is -3.53. The first kappa shape index (κ1) is 12.5. The lowest BCUT2D eigenvalue weighted by Gasteiger charge is -2.08. The Kier molecular flexibility index (Phi) is 3.92. The average molecular weight is 242 g/mol. The molecule has 0 unspecified atom stereocenters. The third kappa shape index (κ3) is 2.74. The van der Waals surface area contributed by atoms with Crippen molar-refractivity contribution in [3.05, 3.63) is 30.9 Å². The molecule has 0 bridgehead atoms. The highest BCUT2D eigenvalue weighted by molar-refractivity contribution is 7.89. The zero-order chi connectivity index (χ0) is 12.2. The zero-order valence-corrected chi connectivity index (χ0v) is 9.75. The lowest BCUT2D eigenvalue weighted by molar-refractivity contribution is 0.416. The summed E-state index contributed by atoms with van der Waals surface area (Å²) in [6.07, 6.45) is 1.46. The lowest BCUT2D eigenvalue weighted by Crippen LogP contribution is -2.23. The van der Waals surface area contributed by atoms with E-state index in [0.29, 0.717) is 5.75 Å². The van der Waals surface area contributed by atoms with E-state index in [-0.39, 0.29) is 17.1 Å². The average Bonchev–Trinajstić information content (AvgIpc) is 2.26. The number of hydrogen-bond acceptors (Lipinski definition) is 4. The second kappa shape index (κ2) is 5.00. The fraction of sp³-hybridized carbons (Fsp3) is 0.200. The van der Waals surface area contributed by atoms with Crippen LogP contribution in [0.25, 0.3) is 0 Å². The van der Waals surface area contributed by atoms with Gasteiger partial charge in [-0.3, -0.25) is 0 Å². The van der Waals surface area contributed by atoms with Crippen LogP contribution in [0.2, 0.25) is 0 Å². The Morgan fingerprint density at radius 3 is 2.75 bits per heavy atom. The number of nitrogens with two attached hydrogens (primary N) is 1. The zero-order valence-electron chi connectivity index (χ0n) is 8.93. The molecule has 88 valence electrons. The summed E-state index contributed by atoms with van der Waals surface area (Å²) in [5.74, 6) is 0.447. The Bertz CT molecular complexity index is 483. The maximum Gasteiger partial charge on any atom is 0.240 e. The SMILES string of the molecule is C=CCNS(=O)(=O)c1ccc(OC)c(N)c1. The Labute approximate surface area is 95.0 Å². The summed E-state index contributed by atoms with van der Waals surface area (Å²) < 4.78 is 30.7. The van der Waals surface area contributed by atoms with Crippen LogP contribution in [-0.4, -0.2) is 22.1 Å². The van der Waals surface area contributed by atoms with Crippen LogP contribution in [0.1, 0.15) is 0 Å². The van der Waals surface area contributed by atoms with Crippen LogP contribution in [0.3, 0.4) is 0 Å². The number of ether oxygens (including phenoxy) is 1. The monoisotopic (exact) mass is 242 g/mol. The number of methoxy groups -OCH3 is 1. The topological polar surface area (TPSA) is 81.4 Å². The molecule has 0 aliphatic heterocycles. The van der Waals surface area contributed by atoms with E-state index in [9.17, 15) is 8.42 Å². The van der Waals surface area contributed by atoms with Gasteiger partial charge in [-0.25, -0.2) is 13.1 Å². The van der Waals surface area contributed by atoms with Gasteiger partial charge in [-0.1, -0.05) is 6.08 Å². The fourth-order valence-electron chi connectivity index (χ4n) is 1.13. The van der Waals surface area contributed by atoms with E-state index in [1.807, 2.05) is 0 Å². The molecule has 0 atom stereocenters. The Balaban J connectivity index is 3.05. The van der Waals surface area contributed by atoms with E-state index in [1.54, 1.807) is 0 Å². The van der Waals surface area contributed by atoms with Gasteiger partial charge in [0.25, 0.3) is 0 Å². The number of sulfonamides is 1. The maximum atomic E-state index is 11.7. The van der Waals surface area contributed by atoms with Gasteiger partial charge in [0.15, 0.2) is 0 Å². The van der Waals surface area contributed by atoms with Crippen LogP contribution in [0.5, 0.6) is 5.75 Å². The Morgan fingerprint density at radius 2 is 2.25 bits per heavy atom. The van der Waals surface area contributed by atoms with Crippen LogP contribution in [0.4, 0.5) is 5.69 Å². The molecule has 0 saturated carbocycles. The highest BCUT2D eigenvalue weighted by Crippen LogP contribution is 2.24. The molecular formula is C10H14N2O3S. The standard InChI is InChI=1S/C10H14N2O3S/c1-3-6-12-16(13,14)8-4-5-10(15-2)9(11)7-8/h3-5,7,12H,1,6,11H2,2H3. The molecule has 0 radical (unpaired) electrons. The van der Waals surface area contributed by atoms with Crippen LogP contribution in [-0.2, 0) is 10.0 Å². The van der Waals surface area contributed by atoms with Crippen molar-refractivity contribution in [3.8, 4) is 5.75 Å². The number of hydrogen-bond donors (Lipinski definition) is 2. The number of benzene rings is 1. The summed E-state index contributed by atoms with van der Waals surface area (Å²) in [5.41, 5.74) is 5.90. The van der Waals surface area contributed by atoms with Crippen molar-refractivity contribution in [2.75, 3.05) is 19.4 Å². The molecule has 0 spiro atoms.